The Morgan fingerprint density at radius 1 is 1.17 bits per heavy atom. The summed E-state index contributed by atoms with van der Waals surface area (Å²) in [5.74, 6) is 0.611. The molecule has 1 amide bonds. The Bertz CT molecular complexity index is 988. The van der Waals surface area contributed by atoms with Crippen LogP contribution in [0, 0.1) is 0 Å². The van der Waals surface area contributed by atoms with Gasteiger partial charge >= 0.3 is 6.18 Å². The summed E-state index contributed by atoms with van der Waals surface area (Å²) in [6.45, 7) is 0.491. The third kappa shape index (κ3) is 6.21. The standard InChI is InChI=1S/C21H20F3N3O2S/c1-29-18-7-5-14(6-8-18)9-10-25-19(28)12-17-13-30-20(27-17)26-16-4-2-3-15(11-16)21(22,23)24/h2-8,11,13H,9-10,12H2,1H3,(H,25,28)(H,26,27). The molecule has 0 bridgehead atoms. The molecular formula is C21H20F3N3O2S. The minimum atomic E-state index is -4.41. The van der Waals surface area contributed by atoms with Crippen LogP contribution in [0.15, 0.2) is 53.9 Å². The molecule has 0 unspecified atom stereocenters. The first-order valence-electron chi connectivity index (χ1n) is 9.12. The van der Waals surface area contributed by atoms with Gasteiger partial charge in [0.1, 0.15) is 5.75 Å². The van der Waals surface area contributed by atoms with Crippen LogP contribution >= 0.6 is 11.3 Å². The number of nitrogens with one attached hydrogen (secondary N) is 2. The summed E-state index contributed by atoms with van der Waals surface area (Å²) in [7, 11) is 1.61. The Hall–Kier alpha value is -3.07. The van der Waals surface area contributed by atoms with Crippen molar-refractivity contribution >= 4 is 28.1 Å². The van der Waals surface area contributed by atoms with Gasteiger partial charge in [0.2, 0.25) is 5.91 Å². The van der Waals surface area contributed by atoms with Crippen molar-refractivity contribution in [1.82, 2.24) is 10.3 Å². The van der Waals surface area contributed by atoms with E-state index in [2.05, 4.69) is 15.6 Å². The SMILES string of the molecule is COc1ccc(CCNC(=O)Cc2csc(Nc3cccc(C(F)(F)F)c3)n2)cc1. The first kappa shape index (κ1) is 21.6. The third-order valence-electron chi connectivity index (χ3n) is 4.23. The number of carbonyl (C=O) groups is 1. The number of hydrogen-bond donors (Lipinski definition) is 2. The number of methoxy groups -OCH3 is 1. The van der Waals surface area contributed by atoms with E-state index >= 15 is 0 Å². The molecule has 0 radical (unpaired) electrons. The van der Waals surface area contributed by atoms with E-state index in [9.17, 15) is 18.0 Å². The number of carbonyl (C=O) groups excluding carboxylic acids is 1. The van der Waals surface area contributed by atoms with Crippen LogP contribution in [-0.2, 0) is 23.8 Å². The predicted octanol–water partition coefficient (Wildman–Crippen LogP) is 4.82. The Kier molecular flexibility index (Phi) is 6.94. The molecule has 3 aromatic rings. The number of ether oxygens (including phenoxy) is 1. The lowest BCUT2D eigenvalue weighted by Crippen LogP contribution is -2.27. The molecule has 0 saturated carbocycles. The minimum Gasteiger partial charge on any atom is -0.497 e. The van der Waals surface area contributed by atoms with Crippen LogP contribution < -0.4 is 15.4 Å². The Labute approximate surface area is 175 Å². The molecule has 0 aliphatic rings. The molecule has 0 spiro atoms. The molecule has 3 rings (SSSR count). The van der Waals surface area contributed by atoms with Gasteiger partial charge < -0.3 is 15.4 Å². The second-order valence-electron chi connectivity index (χ2n) is 6.47. The maximum Gasteiger partial charge on any atom is 0.416 e. The highest BCUT2D eigenvalue weighted by atomic mass is 32.1. The highest BCUT2D eigenvalue weighted by molar-refractivity contribution is 7.13. The minimum absolute atomic E-state index is 0.101. The van der Waals surface area contributed by atoms with Crippen molar-refractivity contribution < 1.29 is 22.7 Å². The van der Waals surface area contributed by atoms with E-state index < -0.39 is 11.7 Å². The van der Waals surface area contributed by atoms with Crippen LogP contribution in [0.25, 0.3) is 0 Å². The average Bonchev–Trinajstić information content (AvgIpc) is 3.14. The fraction of sp³-hybridized carbons (Fsp3) is 0.238. The van der Waals surface area contributed by atoms with Crippen molar-refractivity contribution in [2.45, 2.75) is 19.0 Å². The number of aromatic nitrogens is 1. The normalized spacial score (nSPS) is 11.2. The molecular weight excluding hydrogens is 415 g/mol. The fourth-order valence-corrected chi connectivity index (χ4v) is 3.44. The molecule has 0 atom stereocenters. The number of hydrogen-bond acceptors (Lipinski definition) is 5. The maximum atomic E-state index is 12.8. The van der Waals surface area contributed by atoms with Gasteiger partial charge in [-0.05, 0) is 42.3 Å². The van der Waals surface area contributed by atoms with Gasteiger partial charge in [-0.1, -0.05) is 18.2 Å². The van der Waals surface area contributed by atoms with Crippen molar-refractivity contribution in [3.63, 3.8) is 0 Å². The van der Waals surface area contributed by atoms with Crippen molar-refractivity contribution in [2.75, 3.05) is 19.0 Å². The Morgan fingerprint density at radius 2 is 1.93 bits per heavy atom. The van der Waals surface area contributed by atoms with Gasteiger partial charge in [0, 0.05) is 17.6 Å². The molecule has 1 aromatic heterocycles. The monoisotopic (exact) mass is 435 g/mol. The zero-order valence-corrected chi connectivity index (χ0v) is 16.9. The highest BCUT2D eigenvalue weighted by Gasteiger charge is 2.30. The molecule has 2 aromatic carbocycles. The molecule has 0 aliphatic carbocycles. The number of anilines is 2. The van der Waals surface area contributed by atoms with E-state index in [-0.39, 0.29) is 18.0 Å². The van der Waals surface area contributed by atoms with E-state index in [1.165, 1.54) is 23.5 Å². The van der Waals surface area contributed by atoms with Crippen molar-refractivity contribution in [3.05, 3.63) is 70.7 Å². The molecule has 0 saturated heterocycles. The summed E-state index contributed by atoms with van der Waals surface area (Å²) in [4.78, 5) is 16.4. The summed E-state index contributed by atoms with van der Waals surface area (Å²) < 4.78 is 43.5. The van der Waals surface area contributed by atoms with Crippen molar-refractivity contribution in [1.29, 1.82) is 0 Å². The van der Waals surface area contributed by atoms with Crippen molar-refractivity contribution in [2.24, 2.45) is 0 Å². The van der Waals surface area contributed by atoms with E-state index in [1.54, 1.807) is 12.5 Å². The first-order chi connectivity index (χ1) is 14.3. The second kappa shape index (κ2) is 9.62. The highest BCUT2D eigenvalue weighted by Crippen LogP contribution is 2.31. The maximum absolute atomic E-state index is 12.8. The molecule has 5 nitrogen and oxygen atoms in total. The number of thiazole rings is 1. The fourth-order valence-electron chi connectivity index (χ4n) is 2.71. The van der Waals surface area contributed by atoms with Gasteiger partial charge in [-0.2, -0.15) is 13.2 Å². The zero-order chi connectivity index (χ0) is 21.6. The summed E-state index contributed by atoms with van der Waals surface area (Å²) >= 11 is 1.23. The third-order valence-corrected chi connectivity index (χ3v) is 5.04. The number of halogens is 3. The Balaban J connectivity index is 1.48. The molecule has 9 heteroatoms. The largest absolute Gasteiger partial charge is 0.497 e. The lowest BCUT2D eigenvalue weighted by molar-refractivity contribution is -0.137. The molecule has 1 heterocycles. The van der Waals surface area contributed by atoms with Gasteiger partial charge in [0.05, 0.1) is 24.8 Å². The number of alkyl halides is 3. The van der Waals surface area contributed by atoms with E-state index in [4.69, 9.17) is 4.74 Å². The molecule has 2 N–H and O–H groups in total. The van der Waals surface area contributed by atoms with Gasteiger partial charge in [-0.25, -0.2) is 4.98 Å². The molecule has 30 heavy (non-hydrogen) atoms. The number of rotatable bonds is 8. The van der Waals surface area contributed by atoms with E-state index in [0.29, 0.717) is 23.8 Å². The smallest absolute Gasteiger partial charge is 0.416 e. The summed E-state index contributed by atoms with van der Waals surface area (Å²) in [5.41, 5.74) is 1.18. The summed E-state index contributed by atoms with van der Waals surface area (Å²) in [5, 5.41) is 7.82. The van der Waals surface area contributed by atoms with Crippen LogP contribution in [0.3, 0.4) is 0 Å². The van der Waals surface area contributed by atoms with Crippen LogP contribution in [0.4, 0.5) is 24.0 Å². The quantitative estimate of drug-likeness (QED) is 0.533. The zero-order valence-electron chi connectivity index (χ0n) is 16.1. The van der Waals surface area contributed by atoms with E-state index in [0.717, 1.165) is 23.4 Å². The lowest BCUT2D eigenvalue weighted by atomic mass is 10.1. The van der Waals surface area contributed by atoms with Crippen LogP contribution in [0.1, 0.15) is 16.8 Å². The van der Waals surface area contributed by atoms with Gasteiger partial charge in [-0.3, -0.25) is 4.79 Å². The number of nitrogens with zero attached hydrogens (tertiary/aromatic N) is 1. The molecule has 0 fully saturated rings. The number of amides is 1. The van der Waals surface area contributed by atoms with Crippen molar-refractivity contribution in [3.8, 4) is 5.75 Å². The summed E-state index contributed by atoms with van der Waals surface area (Å²) in [6.07, 6.45) is -3.62. The van der Waals surface area contributed by atoms with Gasteiger partial charge in [-0.15, -0.1) is 11.3 Å². The van der Waals surface area contributed by atoms with Gasteiger partial charge in [0.15, 0.2) is 5.13 Å². The van der Waals surface area contributed by atoms with Crippen LogP contribution in [0.2, 0.25) is 0 Å². The first-order valence-corrected chi connectivity index (χ1v) is 10.00. The topological polar surface area (TPSA) is 63.2 Å². The summed E-state index contributed by atoms with van der Waals surface area (Å²) in [6, 6.07) is 12.5. The van der Waals surface area contributed by atoms with Crippen LogP contribution in [0.5, 0.6) is 5.75 Å². The molecule has 158 valence electrons. The number of benzene rings is 2. The Morgan fingerprint density at radius 3 is 2.63 bits per heavy atom. The average molecular weight is 435 g/mol. The molecule has 0 aliphatic heterocycles. The second-order valence-corrected chi connectivity index (χ2v) is 7.33. The van der Waals surface area contributed by atoms with E-state index in [1.807, 2.05) is 24.3 Å². The van der Waals surface area contributed by atoms with Gasteiger partial charge in [0.25, 0.3) is 0 Å². The van der Waals surface area contributed by atoms with Crippen LogP contribution in [-0.4, -0.2) is 24.5 Å². The predicted molar refractivity (Wildman–Crippen MR) is 110 cm³/mol. The lowest BCUT2D eigenvalue weighted by Gasteiger charge is -2.09.